The third-order valence-electron chi connectivity index (χ3n) is 4.74. The van der Waals surface area contributed by atoms with Crippen LogP contribution < -0.4 is 0 Å². The van der Waals surface area contributed by atoms with Gasteiger partial charge >= 0.3 is 5.97 Å². The van der Waals surface area contributed by atoms with Crippen molar-refractivity contribution in [1.82, 2.24) is 20.0 Å². The first-order chi connectivity index (χ1) is 16.3. The molecule has 33 heavy (non-hydrogen) atoms. The van der Waals surface area contributed by atoms with E-state index >= 15 is 0 Å². The average molecular weight is 455 g/mol. The molecule has 2 aromatic carbocycles. The summed E-state index contributed by atoms with van der Waals surface area (Å²) in [6.07, 6.45) is 4.96. The lowest BCUT2D eigenvalue weighted by atomic mass is 10.2. The van der Waals surface area contributed by atoms with E-state index in [2.05, 4.69) is 10.2 Å². The molecule has 0 spiro atoms. The van der Waals surface area contributed by atoms with Gasteiger partial charge in [-0.15, -0.1) is 21.5 Å². The predicted octanol–water partition coefficient (Wildman–Crippen LogP) is 5.41. The highest BCUT2D eigenvalue weighted by Gasteiger charge is 2.13. The zero-order valence-corrected chi connectivity index (χ0v) is 18.2. The van der Waals surface area contributed by atoms with Gasteiger partial charge in [-0.2, -0.15) is 5.10 Å². The summed E-state index contributed by atoms with van der Waals surface area (Å²) in [6.45, 7) is -0.107. The van der Waals surface area contributed by atoms with E-state index < -0.39 is 5.97 Å². The van der Waals surface area contributed by atoms with Crippen molar-refractivity contribution in [2.45, 2.75) is 6.61 Å². The second-order valence-electron chi connectivity index (χ2n) is 7.00. The molecule has 0 N–H and O–H groups in total. The van der Waals surface area contributed by atoms with Crippen LogP contribution in [0, 0.1) is 0 Å². The molecular weight excluding hydrogens is 436 g/mol. The SMILES string of the molecule is O=C(C=Cc1cn(-c2ccccc2)nc1-c1cccs1)OCc1nnc(-c2ccccc2)o1. The first-order valence-corrected chi connectivity index (χ1v) is 11.1. The number of esters is 1. The van der Waals surface area contributed by atoms with Crippen LogP contribution in [0.15, 0.2) is 94.9 Å². The zero-order chi connectivity index (χ0) is 22.5. The number of benzene rings is 2. The van der Waals surface area contributed by atoms with Gasteiger partial charge in [-0.05, 0) is 41.8 Å². The van der Waals surface area contributed by atoms with Crippen molar-refractivity contribution in [2.75, 3.05) is 0 Å². The fourth-order valence-corrected chi connectivity index (χ4v) is 3.91. The third kappa shape index (κ3) is 4.81. The van der Waals surface area contributed by atoms with Gasteiger partial charge < -0.3 is 9.15 Å². The molecule has 8 heteroatoms. The molecule has 3 heterocycles. The zero-order valence-electron chi connectivity index (χ0n) is 17.4. The van der Waals surface area contributed by atoms with Gasteiger partial charge in [0.1, 0.15) is 5.69 Å². The second-order valence-corrected chi connectivity index (χ2v) is 7.95. The Hall–Kier alpha value is -4.30. The van der Waals surface area contributed by atoms with Crippen LogP contribution in [0.5, 0.6) is 0 Å². The Morgan fingerprint density at radius 1 is 1.00 bits per heavy atom. The standard InChI is InChI=1S/C25H18N4O3S/c30-23(31-17-22-26-27-25(32-22)18-8-3-1-4-9-18)14-13-19-16-29(20-10-5-2-6-11-20)28-24(19)21-12-7-15-33-21/h1-16H,17H2. The minimum absolute atomic E-state index is 0.107. The molecule has 0 radical (unpaired) electrons. The largest absolute Gasteiger partial charge is 0.452 e. The monoisotopic (exact) mass is 454 g/mol. The highest BCUT2D eigenvalue weighted by Crippen LogP contribution is 2.28. The number of carbonyl (C=O) groups is 1. The van der Waals surface area contributed by atoms with E-state index in [4.69, 9.17) is 14.3 Å². The molecule has 3 aromatic heterocycles. The Kier molecular flexibility index (Phi) is 5.90. The molecule has 7 nitrogen and oxygen atoms in total. The van der Waals surface area contributed by atoms with Gasteiger partial charge in [0.05, 0.1) is 10.6 Å². The molecule has 5 rings (SSSR count). The van der Waals surface area contributed by atoms with Gasteiger partial charge in [-0.1, -0.05) is 42.5 Å². The van der Waals surface area contributed by atoms with Crippen LogP contribution in [0.1, 0.15) is 11.5 Å². The number of rotatable bonds is 7. The smallest absolute Gasteiger partial charge is 0.331 e. The lowest BCUT2D eigenvalue weighted by molar-refractivity contribution is -0.139. The van der Waals surface area contributed by atoms with Crippen molar-refractivity contribution in [2.24, 2.45) is 0 Å². The van der Waals surface area contributed by atoms with Crippen molar-refractivity contribution < 1.29 is 13.9 Å². The Balaban J connectivity index is 1.29. The molecule has 0 atom stereocenters. The fraction of sp³-hybridized carbons (Fsp3) is 0.0400. The summed E-state index contributed by atoms with van der Waals surface area (Å²) in [5, 5.41) is 14.6. The highest BCUT2D eigenvalue weighted by molar-refractivity contribution is 7.13. The Bertz CT molecular complexity index is 1370. The summed E-state index contributed by atoms with van der Waals surface area (Å²) in [5.41, 5.74) is 3.34. The number of aromatic nitrogens is 4. The summed E-state index contributed by atoms with van der Waals surface area (Å²) in [5.74, 6) is 0.0944. The van der Waals surface area contributed by atoms with Crippen LogP contribution in [0.3, 0.4) is 0 Å². The minimum Gasteiger partial charge on any atom is -0.452 e. The minimum atomic E-state index is -0.515. The molecule has 0 amide bonds. The predicted molar refractivity (Wildman–Crippen MR) is 125 cm³/mol. The molecule has 0 aliphatic rings. The maximum Gasteiger partial charge on any atom is 0.331 e. The van der Waals surface area contributed by atoms with Crippen molar-refractivity contribution in [1.29, 1.82) is 0 Å². The quantitative estimate of drug-likeness (QED) is 0.242. The summed E-state index contributed by atoms with van der Waals surface area (Å²) in [6, 6.07) is 23.2. The van der Waals surface area contributed by atoms with Crippen LogP contribution in [0.4, 0.5) is 0 Å². The number of carbonyl (C=O) groups excluding carboxylic acids is 1. The van der Waals surface area contributed by atoms with Crippen molar-refractivity contribution in [3.8, 4) is 27.7 Å². The van der Waals surface area contributed by atoms with E-state index in [9.17, 15) is 4.79 Å². The highest BCUT2D eigenvalue weighted by atomic mass is 32.1. The van der Waals surface area contributed by atoms with Crippen molar-refractivity contribution >= 4 is 23.4 Å². The molecule has 0 bridgehead atoms. The molecular formula is C25H18N4O3S. The number of nitrogens with zero attached hydrogens (tertiary/aromatic N) is 4. The first kappa shape index (κ1) is 20.6. The lowest BCUT2D eigenvalue weighted by Crippen LogP contribution is -2.00. The molecule has 0 unspecified atom stereocenters. The number of hydrogen-bond donors (Lipinski definition) is 0. The summed E-state index contributed by atoms with van der Waals surface area (Å²) in [4.78, 5) is 13.3. The van der Waals surface area contributed by atoms with Crippen molar-refractivity contribution in [3.63, 3.8) is 0 Å². The summed E-state index contributed by atoms with van der Waals surface area (Å²) >= 11 is 1.59. The third-order valence-corrected chi connectivity index (χ3v) is 5.62. The van der Waals surface area contributed by atoms with Crippen LogP contribution in [-0.4, -0.2) is 25.9 Å². The lowest BCUT2D eigenvalue weighted by Gasteiger charge is -1.99. The van der Waals surface area contributed by atoms with Crippen LogP contribution in [0.2, 0.25) is 0 Å². The van der Waals surface area contributed by atoms with E-state index in [-0.39, 0.29) is 12.5 Å². The number of para-hydroxylation sites is 1. The molecule has 0 aliphatic heterocycles. The molecule has 0 fully saturated rings. The summed E-state index contributed by atoms with van der Waals surface area (Å²) < 4.78 is 12.6. The van der Waals surface area contributed by atoms with Gasteiger partial charge in [0.25, 0.3) is 5.89 Å². The number of ether oxygens (including phenoxy) is 1. The Morgan fingerprint density at radius 3 is 2.55 bits per heavy atom. The van der Waals surface area contributed by atoms with Crippen molar-refractivity contribution in [3.05, 3.63) is 102 Å². The van der Waals surface area contributed by atoms with E-state index in [0.717, 1.165) is 27.4 Å². The average Bonchev–Trinajstić information content (AvgIpc) is 3.63. The van der Waals surface area contributed by atoms with Gasteiger partial charge in [0.15, 0.2) is 6.61 Å². The van der Waals surface area contributed by atoms with Crippen LogP contribution in [0.25, 0.3) is 33.8 Å². The summed E-state index contributed by atoms with van der Waals surface area (Å²) in [7, 11) is 0. The maximum atomic E-state index is 12.3. The molecule has 0 saturated heterocycles. The Morgan fingerprint density at radius 2 is 1.79 bits per heavy atom. The van der Waals surface area contributed by atoms with E-state index in [0.29, 0.717) is 5.89 Å². The maximum absolute atomic E-state index is 12.3. The second kappa shape index (κ2) is 9.46. The van der Waals surface area contributed by atoms with Gasteiger partial charge in [-0.3, -0.25) is 0 Å². The fourth-order valence-electron chi connectivity index (χ4n) is 3.18. The number of thiophene rings is 1. The number of hydrogen-bond acceptors (Lipinski definition) is 7. The van der Waals surface area contributed by atoms with E-state index in [1.54, 1.807) is 22.1 Å². The van der Waals surface area contributed by atoms with Crippen LogP contribution in [-0.2, 0) is 16.1 Å². The molecule has 0 saturated carbocycles. The van der Waals surface area contributed by atoms with Gasteiger partial charge in [0.2, 0.25) is 5.89 Å². The van der Waals surface area contributed by atoms with E-state index in [1.165, 1.54) is 6.08 Å². The topological polar surface area (TPSA) is 83.0 Å². The molecule has 162 valence electrons. The first-order valence-electron chi connectivity index (χ1n) is 10.2. The van der Waals surface area contributed by atoms with E-state index in [1.807, 2.05) is 84.4 Å². The van der Waals surface area contributed by atoms with Gasteiger partial charge in [0, 0.05) is 23.4 Å². The molecule has 5 aromatic rings. The normalized spacial score (nSPS) is 11.2. The van der Waals surface area contributed by atoms with Crippen LogP contribution >= 0.6 is 11.3 Å². The molecule has 0 aliphatic carbocycles. The van der Waals surface area contributed by atoms with Gasteiger partial charge in [-0.25, -0.2) is 9.48 Å². The Labute approximate surface area is 193 Å².